The number of hydrogen-bond acceptors (Lipinski definition) is 6. The highest BCUT2D eigenvalue weighted by Crippen LogP contribution is 2.37. The van der Waals surface area contributed by atoms with E-state index in [-0.39, 0.29) is 11.2 Å². The standard InChI is InChI=1S/C20H14N2O3S2/c1-26-20-21-17(12-7-3-2-4-8-12)19(27-20)22-18(24)16-11-14(23)13-9-5-6-10-15(13)25-16/h2-11H,1H3,(H,22,24). The summed E-state index contributed by atoms with van der Waals surface area (Å²) in [6, 6.07) is 17.7. The predicted octanol–water partition coefficient (Wildman–Crippen LogP) is 4.89. The topological polar surface area (TPSA) is 72.2 Å². The molecule has 0 aliphatic carbocycles. The smallest absolute Gasteiger partial charge is 0.292 e. The fraction of sp³-hybridized carbons (Fsp3) is 0.0500. The van der Waals surface area contributed by atoms with Crippen LogP contribution in [0.25, 0.3) is 22.2 Å². The maximum absolute atomic E-state index is 12.7. The summed E-state index contributed by atoms with van der Waals surface area (Å²) >= 11 is 2.89. The van der Waals surface area contributed by atoms with Gasteiger partial charge in [-0.1, -0.05) is 65.6 Å². The normalized spacial score (nSPS) is 10.9. The van der Waals surface area contributed by atoms with Crippen molar-refractivity contribution in [2.45, 2.75) is 4.34 Å². The minimum Gasteiger partial charge on any atom is -0.451 e. The zero-order chi connectivity index (χ0) is 18.8. The second-order valence-electron chi connectivity index (χ2n) is 5.65. The second kappa shape index (κ2) is 7.38. The van der Waals surface area contributed by atoms with Crippen LogP contribution in [0.3, 0.4) is 0 Å². The Bertz CT molecular complexity index is 1180. The lowest BCUT2D eigenvalue weighted by atomic mass is 10.1. The number of amides is 1. The number of aromatic nitrogens is 1. The minimum atomic E-state index is -0.480. The molecular formula is C20H14N2O3S2. The van der Waals surface area contributed by atoms with Crippen LogP contribution in [-0.2, 0) is 0 Å². The van der Waals surface area contributed by atoms with Gasteiger partial charge in [-0.25, -0.2) is 4.98 Å². The van der Waals surface area contributed by atoms with Gasteiger partial charge < -0.3 is 9.73 Å². The van der Waals surface area contributed by atoms with Crippen molar-refractivity contribution in [2.24, 2.45) is 0 Å². The van der Waals surface area contributed by atoms with E-state index in [9.17, 15) is 9.59 Å². The first-order valence-corrected chi connectivity index (χ1v) is 10.1. The number of thiazole rings is 1. The molecule has 1 amide bonds. The molecule has 4 rings (SSSR count). The number of carbonyl (C=O) groups is 1. The number of fused-ring (bicyclic) bond motifs is 1. The van der Waals surface area contributed by atoms with Gasteiger partial charge in [-0.05, 0) is 18.4 Å². The number of rotatable bonds is 4. The highest BCUT2D eigenvalue weighted by Gasteiger charge is 2.18. The van der Waals surface area contributed by atoms with Gasteiger partial charge in [0.2, 0.25) is 0 Å². The summed E-state index contributed by atoms with van der Waals surface area (Å²) in [4.78, 5) is 29.5. The van der Waals surface area contributed by atoms with Crippen molar-refractivity contribution < 1.29 is 9.21 Å². The molecule has 134 valence electrons. The van der Waals surface area contributed by atoms with E-state index in [2.05, 4.69) is 10.3 Å². The molecule has 0 saturated heterocycles. The van der Waals surface area contributed by atoms with Crippen LogP contribution < -0.4 is 10.7 Å². The van der Waals surface area contributed by atoms with E-state index >= 15 is 0 Å². The van der Waals surface area contributed by atoms with Crippen molar-refractivity contribution in [3.05, 3.63) is 76.6 Å². The molecule has 2 aromatic heterocycles. The van der Waals surface area contributed by atoms with E-state index in [1.165, 1.54) is 29.2 Å². The lowest BCUT2D eigenvalue weighted by Crippen LogP contribution is -2.14. The van der Waals surface area contributed by atoms with Gasteiger partial charge in [0.15, 0.2) is 15.5 Å². The zero-order valence-corrected chi connectivity index (χ0v) is 15.9. The number of para-hydroxylation sites is 1. The van der Waals surface area contributed by atoms with Crippen molar-refractivity contribution in [1.29, 1.82) is 0 Å². The summed E-state index contributed by atoms with van der Waals surface area (Å²) in [5, 5.41) is 3.91. The number of anilines is 1. The molecule has 0 atom stereocenters. The van der Waals surface area contributed by atoms with E-state index in [0.717, 1.165) is 9.90 Å². The lowest BCUT2D eigenvalue weighted by Gasteiger charge is -2.05. The van der Waals surface area contributed by atoms with Crippen molar-refractivity contribution in [1.82, 2.24) is 4.98 Å². The van der Waals surface area contributed by atoms with Crippen LogP contribution in [0.5, 0.6) is 0 Å². The molecule has 2 aromatic carbocycles. The fourth-order valence-corrected chi connectivity index (χ4v) is 4.13. The van der Waals surface area contributed by atoms with Gasteiger partial charge in [0.05, 0.1) is 5.39 Å². The van der Waals surface area contributed by atoms with Crippen LogP contribution >= 0.6 is 23.1 Å². The summed E-state index contributed by atoms with van der Waals surface area (Å²) < 4.78 is 6.46. The van der Waals surface area contributed by atoms with Crippen molar-refractivity contribution >= 4 is 45.0 Å². The quantitative estimate of drug-likeness (QED) is 0.499. The van der Waals surface area contributed by atoms with Crippen LogP contribution in [0, 0.1) is 0 Å². The van der Waals surface area contributed by atoms with Crippen LogP contribution in [0.1, 0.15) is 10.6 Å². The SMILES string of the molecule is CSc1nc(-c2ccccc2)c(NC(=O)c2cc(=O)c3ccccc3o2)s1. The molecule has 27 heavy (non-hydrogen) atoms. The first kappa shape index (κ1) is 17.5. The number of carbonyl (C=O) groups excluding carboxylic acids is 1. The number of thioether (sulfide) groups is 1. The second-order valence-corrected chi connectivity index (χ2v) is 7.71. The van der Waals surface area contributed by atoms with E-state index in [1.807, 2.05) is 36.6 Å². The van der Waals surface area contributed by atoms with Crippen LogP contribution in [-0.4, -0.2) is 17.1 Å². The summed E-state index contributed by atoms with van der Waals surface area (Å²) in [7, 11) is 0. The van der Waals surface area contributed by atoms with Gasteiger partial charge in [-0.15, -0.1) is 0 Å². The summed E-state index contributed by atoms with van der Waals surface area (Å²) in [6.07, 6.45) is 1.93. The van der Waals surface area contributed by atoms with Gasteiger partial charge in [0.1, 0.15) is 16.3 Å². The summed E-state index contributed by atoms with van der Waals surface area (Å²) in [5.41, 5.74) is 1.73. The van der Waals surface area contributed by atoms with Gasteiger partial charge in [0, 0.05) is 11.6 Å². The highest BCUT2D eigenvalue weighted by atomic mass is 32.2. The highest BCUT2D eigenvalue weighted by molar-refractivity contribution is 8.00. The number of nitrogens with one attached hydrogen (secondary N) is 1. The Morgan fingerprint density at radius 2 is 1.85 bits per heavy atom. The molecule has 0 fully saturated rings. The van der Waals surface area contributed by atoms with Gasteiger partial charge >= 0.3 is 0 Å². The van der Waals surface area contributed by atoms with E-state index < -0.39 is 5.91 Å². The molecule has 5 nitrogen and oxygen atoms in total. The van der Waals surface area contributed by atoms with Crippen molar-refractivity contribution in [3.63, 3.8) is 0 Å². The molecule has 0 aliphatic rings. The van der Waals surface area contributed by atoms with E-state index in [1.54, 1.807) is 24.3 Å². The molecule has 2 heterocycles. The molecule has 4 aromatic rings. The molecular weight excluding hydrogens is 380 g/mol. The molecule has 0 spiro atoms. The monoisotopic (exact) mass is 394 g/mol. The molecule has 0 radical (unpaired) electrons. The Labute approximate surface area is 163 Å². The fourth-order valence-electron chi connectivity index (χ4n) is 2.64. The predicted molar refractivity (Wildman–Crippen MR) is 110 cm³/mol. The third kappa shape index (κ3) is 3.51. The molecule has 1 N–H and O–H groups in total. The number of hydrogen-bond donors (Lipinski definition) is 1. The minimum absolute atomic E-state index is 0.0307. The Balaban J connectivity index is 1.71. The molecule has 0 aliphatic heterocycles. The molecule has 0 saturated carbocycles. The molecule has 7 heteroatoms. The van der Waals surface area contributed by atoms with Gasteiger partial charge in [-0.2, -0.15) is 0 Å². The maximum atomic E-state index is 12.7. The molecule has 0 bridgehead atoms. The number of benzene rings is 2. The molecule has 0 unspecified atom stereocenters. The van der Waals surface area contributed by atoms with E-state index in [4.69, 9.17) is 4.42 Å². The van der Waals surface area contributed by atoms with Crippen LogP contribution in [0.2, 0.25) is 0 Å². The Kier molecular flexibility index (Phi) is 4.79. The first-order valence-electron chi connectivity index (χ1n) is 8.10. The number of nitrogens with zero attached hydrogens (tertiary/aromatic N) is 1. The first-order chi connectivity index (χ1) is 13.2. The Hall–Kier alpha value is -2.90. The summed E-state index contributed by atoms with van der Waals surface area (Å²) in [5.74, 6) is -0.511. The zero-order valence-electron chi connectivity index (χ0n) is 14.3. The lowest BCUT2D eigenvalue weighted by molar-refractivity contribution is 0.0997. The third-order valence-electron chi connectivity index (χ3n) is 3.91. The van der Waals surface area contributed by atoms with Crippen molar-refractivity contribution in [2.75, 3.05) is 11.6 Å². The Morgan fingerprint density at radius 1 is 1.11 bits per heavy atom. The van der Waals surface area contributed by atoms with E-state index in [0.29, 0.717) is 21.7 Å². The average Bonchev–Trinajstić information content (AvgIpc) is 3.11. The van der Waals surface area contributed by atoms with Gasteiger partial charge in [-0.3, -0.25) is 9.59 Å². The van der Waals surface area contributed by atoms with Crippen LogP contribution in [0.15, 0.2) is 74.2 Å². The maximum Gasteiger partial charge on any atom is 0.292 e. The van der Waals surface area contributed by atoms with Crippen LogP contribution in [0.4, 0.5) is 5.00 Å². The average molecular weight is 394 g/mol. The summed E-state index contributed by atoms with van der Waals surface area (Å²) in [6.45, 7) is 0. The van der Waals surface area contributed by atoms with Crippen molar-refractivity contribution in [3.8, 4) is 11.3 Å². The van der Waals surface area contributed by atoms with Gasteiger partial charge in [0.25, 0.3) is 5.91 Å². The Morgan fingerprint density at radius 3 is 2.63 bits per heavy atom. The largest absolute Gasteiger partial charge is 0.451 e. The third-order valence-corrected chi connectivity index (χ3v) is 5.87.